The molecule has 1 heterocycles. The molecule has 1 aliphatic heterocycles. The van der Waals surface area contributed by atoms with Crippen LogP contribution in [-0.2, 0) is 6.61 Å². The molecule has 1 aliphatic rings. The molecule has 1 aromatic carbocycles. The van der Waals surface area contributed by atoms with Gasteiger partial charge in [-0.2, -0.15) is 0 Å². The van der Waals surface area contributed by atoms with Crippen LogP contribution >= 0.6 is 0 Å². The van der Waals surface area contributed by atoms with Crippen molar-refractivity contribution in [3.8, 4) is 0 Å². The molecule has 0 aromatic heterocycles. The van der Waals surface area contributed by atoms with Crippen LogP contribution in [0, 0.1) is 10.1 Å². The Labute approximate surface area is 118 Å². The van der Waals surface area contributed by atoms with E-state index in [4.69, 9.17) is 0 Å². The van der Waals surface area contributed by atoms with Crippen molar-refractivity contribution in [1.29, 1.82) is 0 Å². The van der Waals surface area contributed by atoms with Gasteiger partial charge in [0.05, 0.1) is 11.5 Å². The fraction of sp³-hybridized carbons (Fsp3) is 0.571. The Kier molecular flexibility index (Phi) is 4.57. The van der Waals surface area contributed by atoms with E-state index in [-0.39, 0.29) is 12.3 Å². The zero-order valence-electron chi connectivity index (χ0n) is 12.0. The fourth-order valence-electron chi connectivity index (χ4n) is 2.86. The van der Waals surface area contributed by atoms with Gasteiger partial charge in [-0.15, -0.1) is 0 Å². The smallest absolute Gasteiger partial charge is 0.269 e. The first kappa shape index (κ1) is 14.7. The van der Waals surface area contributed by atoms with E-state index in [9.17, 15) is 15.2 Å². The van der Waals surface area contributed by atoms with Crippen molar-refractivity contribution in [2.45, 2.75) is 25.5 Å². The van der Waals surface area contributed by atoms with E-state index in [0.717, 1.165) is 31.6 Å². The number of anilines is 1. The molecule has 1 aromatic rings. The lowest BCUT2D eigenvalue weighted by molar-refractivity contribution is -0.384. The third-order valence-corrected chi connectivity index (χ3v) is 3.71. The van der Waals surface area contributed by atoms with Crippen LogP contribution in [0.2, 0.25) is 0 Å². The predicted molar refractivity (Wildman–Crippen MR) is 77.9 cm³/mol. The van der Waals surface area contributed by atoms with Crippen molar-refractivity contribution in [1.82, 2.24) is 4.90 Å². The van der Waals surface area contributed by atoms with Crippen LogP contribution in [0.3, 0.4) is 0 Å². The molecule has 0 amide bonds. The highest BCUT2D eigenvalue weighted by Gasteiger charge is 2.27. The molecule has 6 heteroatoms. The Bertz CT molecular complexity index is 491. The Morgan fingerprint density at radius 2 is 2.25 bits per heavy atom. The third kappa shape index (κ3) is 3.08. The summed E-state index contributed by atoms with van der Waals surface area (Å²) >= 11 is 0. The van der Waals surface area contributed by atoms with E-state index in [1.807, 2.05) is 14.1 Å². The summed E-state index contributed by atoms with van der Waals surface area (Å²) in [6.45, 7) is 1.70. The number of nitrogens with zero attached hydrogens (tertiary/aromatic N) is 3. The van der Waals surface area contributed by atoms with Gasteiger partial charge in [0.25, 0.3) is 5.69 Å². The molecule has 1 saturated heterocycles. The average Bonchev–Trinajstić information content (AvgIpc) is 2.84. The van der Waals surface area contributed by atoms with Gasteiger partial charge >= 0.3 is 0 Å². The molecule has 20 heavy (non-hydrogen) atoms. The van der Waals surface area contributed by atoms with Crippen LogP contribution in [0.5, 0.6) is 0 Å². The van der Waals surface area contributed by atoms with Gasteiger partial charge in [-0.25, -0.2) is 0 Å². The Balaban J connectivity index is 2.29. The lowest BCUT2D eigenvalue weighted by Gasteiger charge is -2.30. The van der Waals surface area contributed by atoms with Crippen molar-refractivity contribution in [2.24, 2.45) is 0 Å². The van der Waals surface area contributed by atoms with Crippen LogP contribution in [0.15, 0.2) is 18.2 Å². The minimum Gasteiger partial charge on any atom is -0.392 e. The minimum absolute atomic E-state index is 0.0288. The number of nitro groups is 1. The molecule has 0 aliphatic carbocycles. The van der Waals surface area contributed by atoms with Crippen LogP contribution in [-0.4, -0.2) is 48.2 Å². The molecule has 0 radical (unpaired) electrons. The summed E-state index contributed by atoms with van der Waals surface area (Å²) in [5.74, 6) is 0. The first-order chi connectivity index (χ1) is 9.52. The maximum atomic E-state index is 10.8. The van der Waals surface area contributed by atoms with Crippen molar-refractivity contribution in [3.63, 3.8) is 0 Å². The summed E-state index contributed by atoms with van der Waals surface area (Å²) in [6.07, 6.45) is 2.22. The Morgan fingerprint density at radius 1 is 1.50 bits per heavy atom. The number of aliphatic hydroxyl groups excluding tert-OH is 1. The first-order valence-electron chi connectivity index (χ1n) is 6.82. The molecule has 6 nitrogen and oxygen atoms in total. The standard InChI is InChI=1S/C14H21N3O3/c1-15(2)9-13-4-3-7-16(13)14-6-5-12(17(19)20)8-11(14)10-18/h5-6,8,13,18H,3-4,7,9-10H2,1-2H3. The van der Waals surface area contributed by atoms with Gasteiger partial charge in [-0.1, -0.05) is 0 Å². The monoisotopic (exact) mass is 279 g/mol. The van der Waals surface area contributed by atoms with Gasteiger partial charge in [0, 0.05) is 42.5 Å². The lowest BCUT2D eigenvalue weighted by Crippen LogP contribution is -2.38. The summed E-state index contributed by atoms with van der Waals surface area (Å²) in [6, 6.07) is 5.15. The van der Waals surface area contributed by atoms with Gasteiger partial charge in [-0.3, -0.25) is 10.1 Å². The van der Waals surface area contributed by atoms with Crippen LogP contribution < -0.4 is 4.90 Å². The van der Waals surface area contributed by atoms with Gasteiger partial charge in [0.2, 0.25) is 0 Å². The molecule has 1 N–H and O–H groups in total. The predicted octanol–water partition coefficient (Wildman–Crippen LogP) is 1.62. The number of non-ortho nitro benzene ring substituents is 1. The van der Waals surface area contributed by atoms with Crippen LogP contribution in [0.4, 0.5) is 11.4 Å². The SMILES string of the molecule is CN(C)CC1CCCN1c1ccc([N+](=O)[O-])cc1CO. The van der Waals surface area contributed by atoms with E-state index < -0.39 is 4.92 Å². The average molecular weight is 279 g/mol. The highest BCUT2D eigenvalue weighted by Crippen LogP contribution is 2.31. The number of hydrogen-bond acceptors (Lipinski definition) is 5. The van der Waals surface area contributed by atoms with E-state index in [1.165, 1.54) is 12.1 Å². The number of hydrogen-bond donors (Lipinski definition) is 1. The topological polar surface area (TPSA) is 69.9 Å². The largest absolute Gasteiger partial charge is 0.392 e. The minimum atomic E-state index is -0.426. The summed E-state index contributed by atoms with van der Waals surface area (Å²) < 4.78 is 0. The van der Waals surface area contributed by atoms with Crippen molar-refractivity contribution >= 4 is 11.4 Å². The Hall–Kier alpha value is -1.66. The van der Waals surface area contributed by atoms with Crippen molar-refractivity contribution in [2.75, 3.05) is 32.1 Å². The second-order valence-electron chi connectivity index (χ2n) is 5.48. The maximum absolute atomic E-state index is 10.8. The summed E-state index contributed by atoms with van der Waals surface area (Å²) in [7, 11) is 4.08. The van der Waals surface area contributed by atoms with E-state index >= 15 is 0 Å². The van der Waals surface area contributed by atoms with Gasteiger partial charge < -0.3 is 14.9 Å². The molecule has 110 valence electrons. The molecule has 0 saturated carbocycles. The number of nitro benzene ring substituents is 1. The highest BCUT2D eigenvalue weighted by molar-refractivity contribution is 5.59. The molecule has 2 rings (SSSR count). The fourth-order valence-corrected chi connectivity index (χ4v) is 2.86. The second-order valence-corrected chi connectivity index (χ2v) is 5.48. The highest BCUT2D eigenvalue weighted by atomic mass is 16.6. The lowest BCUT2D eigenvalue weighted by atomic mass is 10.1. The van der Waals surface area contributed by atoms with E-state index in [0.29, 0.717) is 11.6 Å². The zero-order chi connectivity index (χ0) is 14.7. The zero-order valence-corrected chi connectivity index (χ0v) is 12.0. The number of likely N-dealkylation sites (N-methyl/N-ethyl adjacent to an activating group) is 1. The Morgan fingerprint density at radius 3 is 2.85 bits per heavy atom. The van der Waals surface area contributed by atoms with Gasteiger partial charge in [0.1, 0.15) is 0 Å². The maximum Gasteiger partial charge on any atom is 0.269 e. The number of benzene rings is 1. The first-order valence-corrected chi connectivity index (χ1v) is 6.82. The quantitative estimate of drug-likeness (QED) is 0.655. The molecule has 1 fully saturated rings. The van der Waals surface area contributed by atoms with Gasteiger partial charge in [0.15, 0.2) is 0 Å². The van der Waals surface area contributed by atoms with Crippen LogP contribution in [0.25, 0.3) is 0 Å². The summed E-state index contributed by atoms with van der Waals surface area (Å²) in [5.41, 5.74) is 1.58. The molecule has 1 unspecified atom stereocenters. The normalized spacial score (nSPS) is 18.8. The van der Waals surface area contributed by atoms with E-state index in [2.05, 4.69) is 9.80 Å². The molecular weight excluding hydrogens is 258 g/mol. The molecular formula is C14H21N3O3. The second kappa shape index (κ2) is 6.19. The van der Waals surface area contributed by atoms with E-state index in [1.54, 1.807) is 6.07 Å². The van der Waals surface area contributed by atoms with Gasteiger partial charge in [-0.05, 0) is 33.0 Å². The molecule has 1 atom stereocenters. The van der Waals surface area contributed by atoms with Crippen molar-refractivity contribution in [3.05, 3.63) is 33.9 Å². The van der Waals surface area contributed by atoms with Crippen molar-refractivity contribution < 1.29 is 10.0 Å². The third-order valence-electron chi connectivity index (χ3n) is 3.71. The number of rotatable bonds is 5. The molecule has 0 bridgehead atoms. The number of aliphatic hydroxyl groups is 1. The molecule has 0 spiro atoms. The summed E-state index contributed by atoms with van der Waals surface area (Å²) in [5, 5.41) is 20.3. The summed E-state index contributed by atoms with van der Waals surface area (Å²) in [4.78, 5) is 14.8. The van der Waals surface area contributed by atoms with Crippen LogP contribution in [0.1, 0.15) is 18.4 Å².